The van der Waals surface area contributed by atoms with E-state index in [0.717, 1.165) is 40.1 Å². The highest BCUT2D eigenvalue weighted by molar-refractivity contribution is 7.16. The van der Waals surface area contributed by atoms with Crippen LogP contribution in [0.5, 0.6) is 5.75 Å². The highest BCUT2D eigenvalue weighted by Gasteiger charge is 2.23. The third-order valence-electron chi connectivity index (χ3n) is 6.14. The number of esters is 1. The van der Waals surface area contributed by atoms with Gasteiger partial charge in [-0.3, -0.25) is 9.59 Å². The molecule has 0 radical (unpaired) electrons. The standard InChI is InChI=1S/C29H34N2O5S/c1-7-20-11-10-12-21(8-2)25(20)30-26(32)18(5)36-23-15-13-22(14-16-23)27(33)31-28-24(29(34)35-9-3)17(4)19(6)37-28/h10-16,18H,7-9H2,1-6H3,(H,30,32)(H,31,33)/t18-/m1/s1. The predicted octanol–water partition coefficient (Wildman–Crippen LogP) is 6.32. The molecule has 196 valence electrons. The lowest BCUT2D eigenvalue weighted by Gasteiger charge is -2.18. The van der Waals surface area contributed by atoms with Gasteiger partial charge in [-0.25, -0.2) is 4.79 Å². The topological polar surface area (TPSA) is 93.7 Å². The van der Waals surface area contributed by atoms with E-state index in [2.05, 4.69) is 24.5 Å². The summed E-state index contributed by atoms with van der Waals surface area (Å²) in [7, 11) is 0. The molecule has 0 saturated heterocycles. The van der Waals surface area contributed by atoms with Crippen LogP contribution >= 0.6 is 11.3 Å². The van der Waals surface area contributed by atoms with E-state index in [-0.39, 0.29) is 18.4 Å². The largest absolute Gasteiger partial charge is 0.481 e. The predicted molar refractivity (Wildman–Crippen MR) is 148 cm³/mol. The molecular weight excluding hydrogens is 488 g/mol. The van der Waals surface area contributed by atoms with Crippen LogP contribution in [-0.2, 0) is 22.4 Å². The summed E-state index contributed by atoms with van der Waals surface area (Å²) in [5, 5.41) is 6.31. The Morgan fingerprint density at radius 2 is 1.54 bits per heavy atom. The summed E-state index contributed by atoms with van der Waals surface area (Å²) in [4.78, 5) is 39.1. The number of hydrogen-bond acceptors (Lipinski definition) is 6. The van der Waals surface area contributed by atoms with E-state index in [0.29, 0.717) is 21.9 Å². The Hall–Kier alpha value is -3.65. The average molecular weight is 523 g/mol. The molecule has 0 aliphatic carbocycles. The van der Waals surface area contributed by atoms with Gasteiger partial charge in [-0.05, 0) is 81.5 Å². The molecule has 8 heteroatoms. The maximum absolute atomic E-state index is 12.9. The zero-order valence-electron chi connectivity index (χ0n) is 22.2. The summed E-state index contributed by atoms with van der Waals surface area (Å²) in [6.45, 7) is 11.5. The van der Waals surface area contributed by atoms with Gasteiger partial charge in [-0.2, -0.15) is 0 Å². The molecule has 0 fully saturated rings. The number of benzene rings is 2. The second-order valence-electron chi connectivity index (χ2n) is 8.59. The van der Waals surface area contributed by atoms with Gasteiger partial charge in [0.2, 0.25) is 0 Å². The lowest BCUT2D eigenvalue weighted by Crippen LogP contribution is -2.31. The van der Waals surface area contributed by atoms with Crippen LogP contribution in [0.4, 0.5) is 10.7 Å². The van der Waals surface area contributed by atoms with Crippen LogP contribution in [0.3, 0.4) is 0 Å². The van der Waals surface area contributed by atoms with E-state index in [4.69, 9.17) is 9.47 Å². The van der Waals surface area contributed by atoms with E-state index in [1.165, 1.54) is 11.3 Å². The molecule has 3 aromatic rings. The molecule has 7 nitrogen and oxygen atoms in total. The van der Waals surface area contributed by atoms with E-state index in [1.807, 2.05) is 32.0 Å². The van der Waals surface area contributed by atoms with E-state index in [9.17, 15) is 14.4 Å². The summed E-state index contributed by atoms with van der Waals surface area (Å²) in [6.07, 6.45) is 0.890. The van der Waals surface area contributed by atoms with Gasteiger partial charge >= 0.3 is 5.97 Å². The fourth-order valence-corrected chi connectivity index (χ4v) is 4.95. The lowest BCUT2D eigenvalue weighted by molar-refractivity contribution is -0.122. The number of rotatable bonds is 10. The minimum atomic E-state index is -0.737. The molecule has 1 atom stereocenters. The molecule has 3 rings (SSSR count). The molecule has 2 aromatic carbocycles. The van der Waals surface area contributed by atoms with Gasteiger partial charge in [0.25, 0.3) is 11.8 Å². The van der Waals surface area contributed by atoms with E-state index < -0.39 is 12.1 Å². The smallest absolute Gasteiger partial charge is 0.341 e. The third kappa shape index (κ3) is 6.57. The van der Waals surface area contributed by atoms with Gasteiger partial charge < -0.3 is 20.1 Å². The summed E-state index contributed by atoms with van der Waals surface area (Å²) < 4.78 is 11.0. The molecule has 0 bridgehead atoms. The maximum atomic E-state index is 12.9. The second kappa shape index (κ2) is 12.5. The molecule has 0 spiro atoms. The first-order valence-electron chi connectivity index (χ1n) is 12.5. The highest BCUT2D eigenvalue weighted by Crippen LogP contribution is 2.33. The fourth-order valence-electron chi connectivity index (χ4n) is 3.91. The van der Waals surface area contributed by atoms with Crippen molar-refractivity contribution >= 4 is 39.8 Å². The van der Waals surface area contributed by atoms with Gasteiger partial charge in [-0.15, -0.1) is 11.3 Å². The number of ether oxygens (including phenoxy) is 2. The van der Waals surface area contributed by atoms with Crippen molar-refractivity contribution in [2.24, 2.45) is 0 Å². The molecule has 0 unspecified atom stereocenters. The van der Waals surface area contributed by atoms with Crippen LogP contribution in [0.2, 0.25) is 0 Å². The maximum Gasteiger partial charge on any atom is 0.341 e. The van der Waals surface area contributed by atoms with Crippen molar-refractivity contribution in [1.29, 1.82) is 0 Å². The van der Waals surface area contributed by atoms with Crippen LogP contribution < -0.4 is 15.4 Å². The Morgan fingerprint density at radius 1 is 0.919 bits per heavy atom. The van der Waals surface area contributed by atoms with Crippen molar-refractivity contribution in [3.63, 3.8) is 0 Å². The number of amides is 2. The van der Waals surface area contributed by atoms with E-state index in [1.54, 1.807) is 38.1 Å². The second-order valence-corrected chi connectivity index (χ2v) is 9.82. The zero-order valence-corrected chi connectivity index (χ0v) is 23.0. The zero-order chi connectivity index (χ0) is 27.1. The third-order valence-corrected chi connectivity index (χ3v) is 7.26. The van der Waals surface area contributed by atoms with Crippen LogP contribution in [-0.4, -0.2) is 30.5 Å². The lowest BCUT2D eigenvalue weighted by atomic mass is 10.0. The molecule has 37 heavy (non-hydrogen) atoms. The number of aryl methyl sites for hydroxylation is 3. The van der Waals surface area contributed by atoms with Gasteiger partial charge in [-0.1, -0.05) is 32.0 Å². The molecule has 1 heterocycles. The normalized spacial score (nSPS) is 11.5. The van der Waals surface area contributed by atoms with Crippen molar-refractivity contribution in [1.82, 2.24) is 0 Å². The molecule has 0 saturated carbocycles. The summed E-state index contributed by atoms with van der Waals surface area (Å²) in [5.74, 6) is -0.586. The van der Waals surface area contributed by atoms with Gasteiger partial charge in [0, 0.05) is 16.1 Å². The fraction of sp³-hybridized carbons (Fsp3) is 0.345. The van der Waals surface area contributed by atoms with Crippen LogP contribution in [0.15, 0.2) is 42.5 Å². The monoisotopic (exact) mass is 522 g/mol. The number of carbonyl (C=O) groups excluding carboxylic acids is 3. The summed E-state index contributed by atoms with van der Waals surface area (Å²) in [6, 6.07) is 12.6. The molecular formula is C29H34N2O5S. The Labute approximate surface area is 222 Å². The summed E-state index contributed by atoms with van der Waals surface area (Å²) >= 11 is 1.34. The van der Waals surface area contributed by atoms with E-state index >= 15 is 0 Å². The minimum absolute atomic E-state index is 0.243. The SMILES string of the molecule is CCOC(=O)c1c(NC(=O)c2ccc(O[C@H](C)C(=O)Nc3c(CC)cccc3CC)cc2)sc(C)c1C. The molecule has 0 aliphatic heterocycles. The molecule has 1 aromatic heterocycles. The van der Waals surface area contributed by atoms with Crippen molar-refractivity contribution in [3.8, 4) is 5.75 Å². The van der Waals surface area contributed by atoms with Gasteiger partial charge in [0.1, 0.15) is 10.8 Å². The van der Waals surface area contributed by atoms with Crippen molar-refractivity contribution in [3.05, 3.63) is 75.2 Å². The number of carbonyl (C=O) groups is 3. The van der Waals surface area contributed by atoms with Crippen molar-refractivity contribution < 1.29 is 23.9 Å². The molecule has 2 amide bonds. The minimum Gasteiger partial charge on any atom is -0.481 e. The van der Waals surface area contributed by atoms with Crippen molar-refractivity contribution in [2.75, 3.05) is 17.2 Å². The number of thiophene rings is 1. The molecule has 0 aliphatic rings. The Bertz CT molecular complexity index is 1260. The van der Waals surface area contributed by atoms with Gasteiger partial charge in [0.05, 0.1) is 12.2 Å². The molecule has 2 N–H and O–H groups in total. The number of anilines is 2. The van der Waals surface area contributed by atoms with Crippen molar-refractivity contribution in [2.45, 2.75) is 60.5 Å². The van der Waals surface area contributed by atoms with Gasteiger partial charge in [0.15, 0.2) is 6.10 Å². The average Bonchev–Trinajstić information content (AvgIpc) is 3.16. The Kier molecular flexibility index (Phi) is 9.47. The Morgan fingerprint density at radius 3 is 2.11 bits per heavy atom. The highest BCUT2D eigenvalue weighted by atomic mass is 32.1. The number of para-hydroxylation sites is 1. The number of hydrogen-bond donors (Lipinski definition) is 2. The van der Waals surface area contributed by atoms with Crippen LogP contribution in [0.1, 0.15) is 70.0 Å². The van der Waals surface area contributed by atoms with Crippen LogP contribution in [0, 0.1) is 13.8 Å². The Balaban J connectivity index is 1.67. The van der Waals surface area contributed by atoms with Crippen LogP contribution in [0.25, 0.3) is 0 Å². The first-order valence-corrected chi connectivity index (χ1v) is 13.3. The summed E-state index contributed by atoms with van der Waals surface area (Å²) in [5.41, 5.74) is 4.58. The first-order chi connectivity index (χ1) is 17.7. The quantitative estimate of drug-likeness (QED) is 0.304. The first kappa shape index (κ1) is 27.9. The number of nitrogens with one attached hydrogen (secondary N) is 2.